The van der Waals surface area contributed by atoms with Crippen LogP contribution in [0.4, 0.5) is 5.82 Å². The molecule has 2 fully saturated rings. The molecule has 2 atom stereocenters. The number of carbonyl (C=O) groups excluding carboxylic acids is 2. The zero-order valence-electron chi connectivity index (χ0n) is 21.2. The van der Waals surface area contributed by atoms with Crippen LogP contribution in [-0.4, -0.2) is 35.6 Å². The van der Waals surface area contributed by atoms with E-state index in [0.29, 0.717) is 35.8 Å². The average molecular weight is 519 g/mol. The molecule has 1 aromatic carbocycles. The fourth-order valence-corrected chi connectivity index (χ4v) is 5.04. The first-order chi connectivity index (χ1) is 17.7. The van der Waals surface area contributed by atoms with Gasteiger partial charge in [0.05, 0.1) is 17.2 Å². The van der Waals surface area contributed by atoms with E-state index in [0.717, 1.165) is 29.3 Å². The zero-order valence-corrected chi connectivity index (χ0v) is 22.0. The number of aromatic nitrogens is 1. The SMILES string of the molecule is Cc1cc(C(C)N/C=C(\C=N)C(=O)NC2CC(c3cc(Cl)ccc3C#N)C2)cnc1N1CCC(C)C1=O. The van der Waals surface area contributed by atoms with Crippen molar-refractivity contribution in [1.82, 2.24) is 15.6 Å². The highest BCUT2D eigenvalue weighted by Crippen LogP contribution is 2.39. The van der Waals surface area contributed by atoms with Gasteiger partial charge in [0.25, 0.3) is 5.91 Å². The van der Waals surface area contributed by atoms with Crippen LogP contribution in [0.3, 0.4) is 0 Å². The van der Waals surface area contributed by atoms with Crippen molar-refractivity contribution in [2.24, 2.45) is 5.92 Å². The molecule has 1 saturated carbocycles. The molecule has 8 nitrogen and oxygen atoms in total. The van der Waals surface area contributed by atoms with Crippen molar-refractivity contribution < 1.29 is 9.59 Å². The minimum Gasteiger partial charge on any atom is -0.384 e. The predicted molar refractivity (Wildman–Crippen MR) is 144 cm³/mol. The molecule has 3 N–H and O–H groups in total. The van der Waals surface area contributed by atoms with Gasteiger partial charge in [-0.15, -0.1) is 0 Å². The van der Waals surface area contributed by atoms with Crippen molar-refractivity contribution in [3.8, 4) is 6.07 Å². The Labute approximate surface area is 222 Å². The number of nitrogens with one attached hydrogen (secondary N) is 3. The Bertz CT molecular complexity index is 1290. The number of benzene rings is 1. The number of amides is 2. The largest absolute Gasteiger partial charge is 0.384 e. The van der Waals surface area contributed by atoms with Crippen LogP contribution in [0.15, 0.2) is 42.2 Å². The molecule has 2 unspecified atom stereocenters. The molecule has 0 spiro atoms. The smallest absolute Gasteiger partial charge is 0.254 e. The highest BCUT2D eigenvalue weighted by Gasteiger charge is 2.33. The summed E-state index contributed by atoms with van der Waals surface area (Å²) in [6, 6.07) is 9.27. The summed E-state index contributed by atoms with van der Waals surface area (Å²) in [5.74, 6) is 0.668. The predicted octanol–water partition coefficient (Wildman–Crippen LogP) is 4.53. The number of hydrogen-bond donors (Lipinski definition) is 3. The van der Waals surface area contributed by atoms with Crippen LogP contribution in [0.2, 0.25) is 5.02 Å². The second-order valence-electron chi connectivity index (χ2n) is 9.90. The first-order valence-electron chi connectivity index (χ1n) is 12.5. The molecule has 2 aromatic rings. The van der Waals surface area contributed by atoms with Crippen LogP contribution in [0.25, 0.3) is 0 Å². The quantitative estimate of drug-likeness (QED) is 0.350. The number of nitriles is 1. The van der Waals surface area contributed by atoms with Crippen molar-refractivity contribution in [3.63, 3.8) is 0 Å². The Morgan fingerprint density at radius 1 is 1.35 bits per heavy atom. The summed E-state index contributed by atoms with van der Waals surface area (Å²) in [6.45, 7) is 6.51. The lowest BCUT2D eigenvalue weighted by molar-refractivity contribution is -0.120. The summed E-state index contributed by atoms with van der Waals surface area (Å²) in [5, 5.41) is 23.8. The highest BCUT2D eigenvalue weighted by molar-refractivity contribution is 6.30. The van der Waals surface area contributed by atoms with Gasteiger partial charge in [-0.2, -0.15) is 5.26 Å². The highest BCUT2D eigenvalue weighted by atomic mass is 35.5. The van der Waals surface area contributed by atoms with Gasteiger partial charge in [-0.05, 0) is 80.0 Å². The molecule has 0 radical (unpaired) electrons. The van der Waals surface area contributed by atoms with Crippen molar-refractivity contribution in [2.75, 3.05) is 11.4 Å². The maximum absolute atomic E-state index is 12.8. The van der Waals surface area contributed by atoms with Crippen LogP contribution in [0, 0.1) is 29.6 Å². The number of halogens is 1. The van der Waals surface area contributed by atoms with E-state index in [2.05, 4.69) is 21.7 Å². The fourth-order valence-electron chi connectivity index (χ4n) is 4.86. The second kappa shape index (κ2) is 11.1. The van der Waals surface area contributed by atoms with Crippen LogP contribution in [0.5, 0.6) is 0 Å². The summed E-state index contributed by atoms with van der Waals surface area (Å²) < 4.78 is 0. The van der Waals surface area contributed by atoms with E-state index in [1.54, 1.807) is 29.4 Å². The van der Waals surface area contributed by atoms with Gasteiger partial charge < -0.3 is 16.0 Å². The summed E-state index contributed by atoms with van der Waals surface area (Å²) in [5.41, 5.74) is 3.57. The summed E-state index contributed by atoms with van der Waals surface area (Å²) in [7, 11) is 0. The van der Waals surface area contributed by atoms with E-state index < -0.39 is 0 Å². The van der Waals surface area contributed by atoms with Gasteiger partial charge in [0.1, 0.15) is 5.82 Å². The van der Waals surface area contributed by atoms with Gasteiger partial charge in [0, 0.05) is 48.2 Å². The number of aryl methyl sites for hydroxylation is 1. The van der Waals surface area contributed by atoms with Gasteiger partial charge in [-0.25, -0.2) is 4.98 Å². The average Bonchev–Trinajstić information content (AvgIpc) is 3.19. The molecule has 1 saturated heterocycles. The maximum atomic E-state index is 12.8. The molecule has 37 heavy (non-hydrogen) atoms. The second-order valence-corrected chi connectivity index (χ2v) is 10.3. The molecule has 2 amide bonds. The Hall–Kier alpha value is -3.70. The van der Waals surface area contributed by atoms with Crippen molar-refractivity contribution >= 4 is 35.4 Å². The third-order valence-corrected chi connectivity index (χ3v) is 7.49. The molecule has 2 heterocycles. The first kappa shape index (κ1) is 26.4. The fraction of sp³-hybridized carbons (Fsp3) is 0.393. The van der Waals surface area contributed by atoms with E-state index in [9.17, 15) is 14.9 Å². The Kier molecular flexibility index (Phi) is 7.94. The molecule has 2 aliphatic rings. The molecule has 1 aromatic heterocycles. The minimum absolute atomic E-state index is 0.0231. The number of nitrogens with zero attached hydrogens (tertiary/aromatic N) is 3. The first-order valence-corrected chi connectivity index (χ1v) is 12.8. The molecule has 0 bridgehead atoms. The number of pyridine rings is 1. The standard InChI is InChI=1S/C28H31ClN6O2/c1-16-6-7-35(28(16)37)26-17(2)8-21(14-33-26)18(3)32-15-22(13-31)27(36)34-24-9-20(10-24)25-11-23(29)5-4-19(25)12-30/h4-5,8,11,13-16,18,20,24,31-32H,6-7,9-10H2,1-3H3,(H,34,36)/b22-15+,31-13?. The molecule has 1 aliphatic heterocycles. The minimum atomic E-state index is -0.323. The number of hydrogen-bond acceptors (Lipinski definition) is 6. The maximum Gasteiger partial charge on any atom is 0.254 e. The monoisotopic (exact) mass is 518 g/mol. The Balaban J connectivity index is 1.34. The number of rotatable bonds is 8. The molecular weight excluding hydrogens is 488 g/mol. The van der Waals surface area contributed by atoms with Gasteiger partial charge in [-0.3, -0.25) is 14.5 Å². The van der Waals surface area contributed by atoms with Crippen molar-refractivity contribution in [2.45, 2.75) is 58.0 Å². The van der Waals surface area contributed by atoms with E-state index in [4.69, 9.17) is 17.0 Å². The molecule has 4 rings (SSSR count). The Morgan fingerprint density at radius 3 is 2.73 bits per heavy atom. The third kappa shape index (κ3) is 5.67. The molecule has 9 heteroatoms. The topological polar surface area (TPSA) is 122 Å². The van der Waals surface area contributed by atoms with Crippen molar-refractivity contribution in [3.05, 3.63) is 69.5 Å². The summed E-state index contributed by atoms with van der Waals surface area (Å²) >= 11 is 6.10. The van der Waals surface area contributed by atoms with Gasteiger partial charge in [0.15, 0.2) is 0 Å². The third-order valence-electron chi connectivity index (χ3n) is 7.25. The van der Waals surface area contributed by atoms with Gasteiger partial charge in [-0.1, -0.05) is 18.5 Å². The van der Waals surface area contributed by atoms with E-state index in [-0.39, 0.29) is 41.3 Å². The summed E-state index contributed by atoms with van der Waals surface area (Å²) in [4.78, 5) is 31.4. The van der Waals surface area contributed by atoms with Gasteiger partial charge in [0.2, 0.25) is 5.91 Å². The normalized spacial score (nSPS) is 22.1. The molecule has 1 aliphatic carbocycles. The lowest BCUT2D eigenvalue weighted by Gasteiger charge is -2.36. The lowest BCUT2D eigenvalue weighted by atomic mass is 9.74. The number of carbonyl (C=O) groups is 2. The van der Waals surface area contributed by atoms with Crippen LogP contribution < -0.4 is 15.5 Å². The van der Waals surface area contributed by atoms with Gasteiger partial charge >= 0.3 is 0 Å². The van der Waals surface area contributed by atoms with E-state index in [1.165, 1.54) is 0 Å². The van der Waals surface area contributed by atoms with Crippen LogP contribution in [-0.2, 0) is 9.59 Å². The van der Waals surface area contributed by atoms with E-state index in [1.807, 2.05) is 32.9 Å². The van der Waals surface area contributed by atoms with E-state index >= 15 is 0 Å². The molecular formula is C28H31ClN6O2. The van der Waals surface area contributed by atoms with Crippen LogP contribution in [0.1, 0.15) is 67.3 Å². The molecule has 192 valence electrons. The lowest BCUT2D eigenvalue weighted by Crippen LogP contribution is -2.44. The van der Waals surface area contributed by atoms with Crippen LogP contribution >= 0.6 is 11.6 Å². The van der Waals surface area contributed by atoms with Crippen molar-refractivity contribution in [1.29, 1.82) is 10.7 Å². The number of anilines is 1. The Morgan fingerprint density at radius 2 is 2.11 bits per heavy atom. The zero-order chi connectivity index (χ0) is 26.7. The summed E-state index contributed by atoms with van der Waals surface area (Å²) in [6.07, 6.45) is 6.58.